The molecule has 0 saturated heterocycles. The highest BCUT2D eigenvalue weighted by Crippen LogP contribution is 2.20. The Morgan fingerprint density at radius 3 is 2.80 bits per heavy atom. The number of aryl methyl sites for hydroxylation is 1. The zero-order valence-corrected chi connectivity index (χ0v) is 18.2. The molecule has 9 heteroatoms. The van der Waals surface area contributed by atoms with Crippen molar-refractivity contribution < 1.29 is 9.90 Å². The lowest BCUT2D eigenvalue weighted by molar-refractivity contribution is -0.146. The minimum absolute atomic E-state index is 0.0782. The molecule has 30 heavy (non-hydrogen) atoms. The molecular formula is C21H31N7O2. The van der Waals surface area contributed by atoms with Crippen molar-refractivity contribution in [3.05, 3.63) is 48.3 Å². The highest BCUT2D eigenvalue weighted by Gasteiger charge is 2.26. The molecule has 0 aliphatic heterocycles. The van der Waals surface area contributed by atoms with E-state index < -0.39 is 11.4 Å². The van der Waals surface area contributed by atoms with Gasteiger partial charge in [0.25, 0.3) is 0 Å². The summed E-state index contributed by atoms with van der Waals surface area (Å²) in [5.41, 5.74) is 8.26. The first-order chi connectivity index (χ1) is 14.0. The quantitative estimate of drug-likeness (QED) is 0.282. The Labute approximate surface area is 176 Å². The third-order valence-corrected chi connectivity index (χ3v) is 4.56. The first-order valence-electron chi connectivity index (χ1n) is 9.74. The van der Waals surface area contributed by atoms with E-state index in [1.807, 2.05) is 13.0 Å². The van der Waals surface area contributed by atoms with Crippen LogP contribution in [0.2, 0.25) is 0 Å². The second-order valence-electron chi connectivity index (χ2n) is 8.03. The van der Waals surface area contributed by atoms with Gasteiger partial charge < -0.3 is 26.0 Å². The molecule has 2 aromatic heterocycles. The molecule has 0 atom stereocenters. The van der Waals surface area contributed by atoms with Gasteiger partial charge in [-0.1, -0.05) is 6.58 Å². The van der Waals surface area contributed by atoms with Crippen molar-refractivity contribution >= 4 is 23.0 Å². The number of guanidine groups is 1. The Bertz CT molecular complexity index is 987. The largest absolute Gasteiger partial charge is 0.481 e. The van der Waals surface area contributed by atoms with E-state index in [-0.39, 0.29) is 12.5 Å². The van der Waals surface area contributed by atoms with Crippen LogP contribution < -0.4 is 16.4 Å². The fraction of sp³-hybridized carbons (Fsp3) is 0.429. The van der Waals surface area contributed by atoms with Gasteiger partial charge in [-0.25, -0.2) is 4.98 Å². The van der Waals surface area contributed by atoms with Gasteiger partial charge in [0.05, 0.1) is 35.9 Å². The first kappa shape index (κ1) is 22.9. The number of carboxylic acid groups (broad SMARTS) is 1. The molecule has 2 aromatic rings. The molecule has 0 saturated carbocycles. The molecular weight excluding hydrogens is 382 g/mol. The number of aliphatic imine (C=N–C) groups is 1. The molecule has 0 fully saturated rings. The van der Waals surface area contributed by atoms with Crippen LogP contribution in [0.5, 0.6) is 0 Å². The van der Waals surface area contributed by atoms with Gasteiger partial charge in [0.2, 0.25) is 0 Å². The highest BCUT2D eigenvalue weighted by molar-refractivity contribution is 5.80. The Morgan fingerprint density at radius 1 is 1.47 bits per heavy atom. The van der Waals surface area contributed by atoms with Crippen LogP contribution in [0, 0.1) is 12.3 Å². The number of imidazole rings is 1. The summed E-state index contributed by atoms with van der Waals surface area (Å²) in [5, 5.41) is 15.1. The molecule has 2 heterocycles. The van der Waals surface area contributed by atoms with E-state index >= 15 is 0 Å². The number of aliphatic carboxylic acids is 1. The van der Waals surface area contributed by atoms with Crippen LogP contribution in [0.15, 0.2) is 41.8 Å². The Kier molecular flexibility index (Phi) is 7.20. The molecule has 162 valence electrons. The third-order valence-electron chi connectivity index (χ3n) is 4.56. The minimum Gasteiger partial charge on any atom is -0.481 e. The number of allylic oxidation sites excluding steroid dienone is 1. The summed E-state index contributed by atoms with van der Waals surface area (Å²) < 4.78 is 2.19. The van der Waals surface area contributed by atoms with Crippen molar-refractivity contribution in [3.63, 3.8) is 0 Å². The molecule has 5 N–H and O–H groups in total. The number of nitrogens with one attached hydrogen (secondary N) is 2. The Morgan fingerprint density at radius 2 is 2.17 bits per heavy atom. The fourth-order valence-electron chi connectivity index (χ4n) is 2.80. The molecule has 0 radical (unpaired) electrons. The molecule has 2 rings (SSSR count). The average molecular weight is 414 g/mol. The zero-order valence-electron chi connectivity index (χ0n) is 18.2. The number of nitrogens with zero attached hydrogens (tertiary/aromatic N) is 4. The summed E-state index contributed by atoms with van der Waals surface area (Å²) in [6, 6.07) is 2.35. The summed E-state index contributed by atoms with van der Waals surface area (Å²) in [5.74, 6) is 0.180. The molecule has 0 bridgehead atoms. The van der Waals surface area contributed by atoms with Crippen LogP contribution in [0.4, 0.5) is 0 Å². The lowest BCUT2D eigenvalue weighted by atomic mass is 9.94. The number of nitrogens with two attached hydrogens (primary N) is 1. The average Bonchev–Trinajstić information content (AvgIpc) is 2.99. The standard InChI is InChI=1S/C21H31N7O2/c1-13(2)28-15(4)27-17-11-25-16(9-18(17)28)10-24-14(3)7-8-23-20(22)26-12-21(5,6)19(29)30/h7-9,11,13,24H,3,10,12H2,1-2,4-6H3,(H,29,30)(H3,22,23,26)/b8-7-. The number of rotatable bonds is 9. The lowest BCUT2D eigenvalue weighted by Gasteiger charge is -2.16. The normalized spacial score (nSPS) is 12.7. The predicted molar refractivity (Wildman–Crippen MR) is 119 cm³/mol. The van der Waals surface area contributed by atoms with Crippen LogP contribution >= 0.6 is 0 Å². The van der Waals surface area contributed by atoms with Gasteiger partial charge in [0.1, 0.15) is 11.3 Å². The van der Waals surface area contributed by atoms with Crippen molar-refractivity contribution in [1.29, 1.82) is 0 Å². The molecule has 0 amide bonds. The maximum Gasteiger partial charge on any atom is 0.310 e. The predicted octanol–water partition coefficient (Wildman–Crippen LogP) is 2.45. The van der Waals surface area contributed by atoms with Gasteiger partial charge >= 0.3 is 5.97 Å². The number of hydrogen-bond acceptors (Lipinski definition) is 5. The van der Waals surface area contributed by atoms with E-state index in [2.05, 4.69) is 50.6 Å². The summed E-state index contributed by atoms with van der Waals surface area (Å²) in [4.78, 5) is 24.1. The van der Waals surface area contributed by atoms with Gasteiger partial charge in [-0.15, -0.1) is 0 Å². The van der Waals surface area contributed by atoms with Crippen molar-refractivity contribution in [3.8, 4) is 0 Å². The van der Waals surface area contributed by atoms with Crippen molar-refractivity contribution in [2.75, 3.05) is 6.54 Å². The summed E-state index contributed by atoms with van der Waals surface area (Å²) in [6.45, 7) is 14.0. The molecule has 0 aliphatic carbocycles. The summed E-state index contributed by atoms with van der Waals surface area (Å²) in [7, 11) is 0. The monoisotopic (exact) mass is 413 g/mol. The second-order valence-corrected chi connectivity index (χ2v) is 8.03. The van der Waals surface area contributed by atoms with E-state index in [0.717, 1.165) is 22.6 Å². The number of fused-ring (bicyclic) bond motifs is 1. The molecule has 0 unspecified atom stereocenters. The fourth-order valence-corrected chi connectivity index (χ4v) is 2.80. The second kappa shape index (κ2) is 9.43. The van der Waals surface area contributed by atoms with Gasteiger partial charge in [-0.05, 0) is 46.8 Å². The highest BCUT2D eigenvalue weighted by atomic mass is 16.4. The van der Waals surface area contributed by atoms with Crippen molar-refractivity contribution in [2.45, 2.75) is 47.2 Å². The van der Waals surface area contributed by atoms with Gasteiger partial charge in [-0.2, -0.15) is 0 Å². The first-order valence-corrected chi connectivity index (χ1v) is 9.74. The maximum atomic E-state index is 11.1. The maximum absolute atomic E-state index is 11.1. The van der Waals surface area contributed by atoms with Gasteiger partial charge in [0.15, 0.2) is 5.96 Å². The smallest absolute Gasteiger partial charge is 0.310 e. The van der Waals surface area contributed by atoms with Crippen LogP contribution in [0.25, 0.3) is 11.0 Å². The van der Waals surface area contributed by atoms with Crippen LogP contribution in [0.3, 0.4) is 0 Å². The number of carboxylic acids is 1. The Balaban J connectivity index is 1.91. The van der Waals surface area contributed by atoms with Crippen LogP contribution in [-0.4, -0.2) is 38.1 Å². The van der Waals surface area contributed by atoms with Gasteiger partial charge in [-0.3, -0.25) is 14.8 Å². The van der Waals surface area contributed by atoms with E-state index in [9.17, 15) is 4.79 Å². The molecule has 0 aromatic carbocycles. The lowest BCUT2D eigenvalue weighted by Crippen LogP contribution is -2.32. The number of pyridine rings is 1. The SMILES string of the molecule is C=C(/C=C\NC(N)=NCC(C)(C)C(=O)O)NCc1cc2c(cn1)nc(C)n2C(C)C. The molecule has 0 spiro atoms. The number of carbonyl (C=O) groups is 1. The molecule has 0 aliphatic rings. The van der Waals surface area contributed by atoms with Crippen molar-refractivity contribution in [2.24, 2.45) is 16.1 Å². The van der Waals surface area contributed by atoms with E-state index in [1.165, 1.54) is 0 Å². The number of hydrogen-bond donors (Lipinski definition) is 4. The number of aromatic nitrogens is 3. The zero-order chi connectivity index (χ0) is 22.5. The van der Waals surface area contributed by atoms with Crippen LogP contribution in [0.1, 0.15) is 45.3 Å². The topological polar surface area (TPSA) is 130 Å². The Hall–Kier alpha value is -3.36. The van der Waals surface area contributed by atoms with Crippen molar-refractivity contribution in [1.82, 2.24) is 25.2 Å². The van der Waals surface area contributed by atoms with E-state index in [0.29, 0.717) is 18.3 Å². The summed E-state index contributed by atoms with van der Waals surface area (Å²) in [6.07, 6.45) is 5.09. The minimum atomic E-state index is -0.973. The third kappa shape index (κ3) is 5.82. The molecule has 9 nitrogen and oxygen atoms in total. The van der Waals surface area contributed by atoms with Crippen LogP contribution in [-0.2, 0) is 11.3 Å². The van der Waals surface area contributed by atoms with E-state index in [1.54, 1.807) is 32.3 Å². The van der Waals surface area contributed by atoms with E-state index in [4.69, 9.17) is 10.8 Å². The summed E-state index contributed by atoms with van der Waals surface area (Å²) >= 11 is 0. The van der Waals surface area contributed by atoms with Gasteiger partial charge in [0, 0.05) is 17.9 Å².